The van der Waals surface area contributed by atoms with Gasteiger partial charge in [-0.15, -0.1) is 0 Å². The van der Waals surface area contributed by atoms with Crippen LogP contribution in [0.1, 0.15) is 22.8 Å². The zero-order valence-corrected chi connectivity index (χ0v) is 15.6. The van der Waals surface area contributed by atoms with E-state index in [-0.39, 0.29) is 10.5 Å². The van der Waals surface area contributed by atoms with Crippen molar-refractivity contribution < 1.29 is 13.2 Å². The van der Waals surface area contributed by atoms with Gasteiger partial charge in [-0.3, -0.25) is 4.79 Å². The highest BCUT2D eigenvalue weighted by atomic mass is 35.5. The fraction of sp³-hybridized carbons (Fsp3) is 0.188. The lowest BCUT2D eigenvalue weighted by Gasteiger charge is -2.13. The number of carbonyl (C=O) groups is 1. The minimum atomic E-state index is -3.51. The summed E-state index contributed by atoms with van der Waals surface area (Å²) in [6, 6.07) is 10.2. The van der Waals surface area contributed by atoms with Crippen LogP contribution < -0.4 is 0 Å². The molecule has 0 N–H and O–H groups in total. The zero-order valence-electron chi connectivity index (χ0n) is 12.5. The van der Waals surface area contributed by atoms with Crippen LogP contribution in [0.5, 0.6) is 0 Å². The summed E-state index contributed by atoms with van der Waals surface area (Å²) in [5, 5.41) is -0.0924. The Hall–Kier alpha value is -1.01. The highest BCUT2D eigenvalue weighted by Crippen LogP contribution is 2.36. The molecule has 0 amide bonds. The van der Waals surface area contributed by atoms with Crippen molar-refractivity contribution in [3.63, 3.8) is 0 Å². The molecule has 122 valence electrons. The van der Waals surface area contributed by atoms with E-state index in [0.717, 1.165) is 11.2 Å². The monoisotopic (exact) mass is 388 g/mol. The molecule has 2 aromatic rings. The average Bonchev–Trinajstić information content (AvgIpc) is 2.45. The van der Waals surface area contributed by atoms with Gasteiger partial charge in [-0.1, -0.05) is 36.4 Å². The van der Waals surface area contributed by atoms with Gasteiger partial charge in [0.25, 0.3) is 5.24 Å². The lowest BCUT2D eigenvalue weighted by molar-refractivity contribution is 0.108. The first-order valence-electron chi connectivity index (χ1n) is 6.72. The van der Waals surface area contributed by atoms with Crippen LogP contribution in [0.3, 0.4) is 0 Å². The van der Waals surface area contributed by atoms with Crippen LogP contribution in [0.25, 0.3) is 0 Å². The number of benzene rings is 2. The van der Waals surface area contributed by atoms with Crippen molar-refractivity contribution in [2.24, 2.45) is 0 Å². The third-order valence-electron chi connectivity index (χ3n) is 3.19. The van der Waals surface area contributed by atoms with Gasteiger partial charge >= 0.3 is 0 Å². The maximum absolute atomic E-state index is 12.1. The van der Waals surface area contributed by atoms with Crippen molar-refractivity contribution >= 4 is 50.0 Å². The second kappa shape index (κ2) is 7.26. The predicted octanol–water partition coefficient (Wildman–Crippen LogP) is 4.84. The second-order valence-corrected chi connectivity index (χ2v) is 8.79. The minimum Gasteiger partial charge on any atom is -0.276 e. The first-order valence-corrected chi connectivity index (χ1v) is 10.2. The van der Waals surface area contributed by atoms with E-state index in [1.54, 1.807) is 24.3 Å². The quantitative estimate of drug-likeness (QED) is 0.687. The lowest BCUT2D eigenvalue weighted by atomic mass is 10.1. The van der Waals surface area contributed by atoms with E-state index in [4.69, 9.17) is 23.2 Å². The zero-order chi connectivity index (χ0) is 17.2. The maximum Gasteiger partial charge on any atom is 0.252 e. The predicted molar refractivity (Wildman–Crippen MR) is 94.7 cm³/mol. The van der Waals surface area contributed by atoms with Gasteiger partial charge in [0, 0.05) is 26.6 Å². The Kier molecular flexibility index (Phi) is 5.79. The van der Waals surface area contributed by atoms with Crippen LogP contribution in [0.15, 0.2) is 51.1 Å². The molecule has 0 aliphatic carbocycles. The molecule has 0 radical (unpaired) electrons. The summed E-state index contributed by atoms with van der Waals surface area (Å²) in [5.74, 6) is 0. The molecule has 23 heavy (non-hydrogen) atoms. The van der Waals surface area contributed by atoms with Crippen molar-refractivity contribution in [2.45, 2.75) is 28.0 Å². The fourth-order valence-corrected chi connectivity index (χ4v) is 4.82. The van der Waals surface area contributed by atoms with Crippen LogP contribution in [0.2, 0.25) is 5.02 Å². The van der Waals surface area contributed by atoms with Crippen LogP contribution in [-0.2, 0) is 16.3 Å². The summed E-state index contributed by atoms with van der Waals surface area (Å²) in [5.41, 5.74) is 0.937. The largest absolute Gasteiger partial charge is 0.276 e. The SMILES string of the molecule is CCc1cc(Sc2cccc(Cl)c2)c(S(C)(=O)=O)cc1C(=O)Cl. The van der Waals surface area contributed by atoms with E-state index in [1.165, 1.54) is 17.8 Å². The van der Waals surface area contributed by atoms with E-state index >= 15 is 0 Å². The minimum absolute atomic E-state index is 0.0867. The Labute approximate surface area is 149 Å². The summed E-state index contributed by atoms with van der Waals surface area (Å²) < 4.78 is 24.2. The van der Waals surface area contributed by atoms with E-state index in [1.807, 2.05) is 13.0 Å². The molecule has 0 saturated carbocycles. The highest BCUT2D eigenvalue weighted by Gasteiger charge is 2.20. The Morgan fingerprint density at radius 3 is 2.43 bits per heavy atom. The number of hydrogen-bond acceptors (Lipinski definition) is 4. The Morgan fingerprint density at radius 2 is 1.91 bits per heavy atom. The standard InChI is InChI=1S/C16H14Cl2O3S2/c1-3-10-7-14(22-12-6-4-5-11(17)8-12)15(23(2,20)21)9-13(10)16(18)19/h4-9H,3H2,1-2H3. The molecule has 0 aromatic heterocycles. The van der Waals surface area contributed by atoms with Crippen molar-refractivity contribution in [3.8, 4) is 0 Å². The van der Waals surface area contributed by atoms with Crippen molar-refractivity contribution in [1.29, 1.82) is 0 Å². The third kappa shape index (κ3) is 4.51. The molecule has 7 heteroatoms. The molecule has 0 saturated heterocycles. The Balaban J connectivity index is 2.63. The number of sulfone groups is 1. The molecule has 0 bridgehead atoms. The highest BCUT2D eigenvalue weighted by molar-refractivity contribution is 8.00. The van der Waals surface area contributed by atoms with E-state index in [0.29, 0.717) is 21.9 Å². The van der Waals surface area contributed by atoms with Gasteiger partial charge < -0.3 is 0 Å². The number of rotatable bonds is 5. The molecule has 0 atom stereocenters. The Bertz CT molecular complexity index is 862. The van der Waals surface area contributed by atoms with Crippen molar-refractivity contribution in [1.82, 2.24) is 0 Å². The van der Waals surface area contributed by atoms with E-state index < -0.39 is 15.1 Å². The fourth-order valence-electron chi connectivity index (χ4n) is 2.10. The normalized spacial score (nSPS) is 11.5. The smallest absolute Gasteiger partial charge is 0.252 e. The van der Waals surface area contributed by atoms with Gasteiger partial charge in [-0.2, -0.15) is 0 Å². The Morgan fingerprint density at radius 1 is 1.22 bits per heavy atom. The van der Waals surface area contributed by atoms with Crippen molar-refractivity contribution in [3.05, 3.63) is 52.5 Å². The topological polar surface area (TPSA) is 51.2 Å². The summed E-state index contributed by atoms with van der Waals surface area (Å²) in [4.78, 5) is 13.0. The lowest BCUT2D eigenvalue weighted by Crippen LogP contribution is -2.05. The number of carbonyl (C=O) groups excluding carboxylic acids is 1. The number of hydrogen-bond donors (Lipinski definition) is 0. The summed E-state index contributed by atoms with van der Waals surface area (Å²) in [6.07, 6.45) is 1.68. The summed E-state index contributed by atoms with van der Waals surface area (Å²) >= 11 is 12.8. The van der Waals surface area contributed by atoms with Crippen molar-refractivity contribution in [2.75, 3.05) is 6.26 Å². The van der Waals surface area contributed by atoms with Crippen LogP contribution in [0, 0.1) is 0 Å². The first-order chi connectivity index (χ1) is 10.7. The molecule has 2 aromatic carbocycles. The van der Waals surface area contributed by atoms with Gasteiger partial charge in [-0.05, 0) is 53.9 Å². The molecule has 3 nitrogen and oxygen atoms in total. The van der Waals surface area contributed by atoms with Crippen LogP contribution in [0.4, 0.5) is 0 Å². The molecule has 0 fully saturated rings. The molecule has 0 aliphatic heterocycles. The van der Waals surface area contributed by atoms with Gasteiger partial charge in [0.2, 0.25) is 0 Å². The van der Waals surface area contributed by atoms with Crippen LogP contribution >= 0.6 is 35.0 Å². The van der Waals surface area contributed by atoms with Gasteiger partial charge in [0.15, 0.2) is 9.84 Å². The summed E-state index contributed by atoms with van der Waals surface area (Å²) in [7, 11) is -3.51. The maximum atomic E-state index is 12.1. The second-order valence-electron chi connectivity index (χ2n) is 4.91. The third-order valence-corrected chi connectivity index (χ3v) is 5.94. The molecule has 0 heterocycles. The van der Waals surface area contributed by atoms with E-state index in [9.17, 15) is 13.2 Å². The summed E-state index contributed by atoms with van der Waals surface area (Å²) in [6.45, 7) is 1.88. The molecule has 0 aliphatic rings. The molecule has 2 rings (SSSR count). The van der Waals surface area contributed by atoms with Crippen LogP contribution in [-0.4, -0.2) is 19.9 Å². The molecule has 0 spiro atoms. The first kappa shape index (κ1) is 18.3. The molecular formula is C16H14Cl2O3S2. The van der Waals surface area contributed by atoms with Gasteiger partial charge in [0.1, 0.15) is 0 Å². The number of halogens is 2. The average molecular weight is 389 g/mol. The van der Waals surface area contributed by atoms with Gasteiger partial charge in [-0.25, -0.2) is 8.42 Å². The molecule has 0 unspecified atom stereocenters. The van der Waals surface area contributed by atoms with E-state index in [2.05, 4.69) is 0 Å². The van der Waals surface area contributed by atoms with Gasteiger partial charge in [0.05, 0.1) is 4.90 Å². The number of aryl methyl sites for hydroxylation is 1. The molecular weight excluding hydrogens is 375 g/mol.